The average Bonchev–Trinajstić information content (AvgIpc) is 3.27. The normalized spacial score (nSPS) is 51.2. The zero-order valence-corrected chi connectivity index (χ0v) is 17.5. The molecule has 4 aliphatic carbocycles. The summed E-state index contributed by atoms with van der Waals surface area (Å²) in [7, 11) is 0. The Balaban J connectivity index is 1.57. The highest BCUT2D eigenvalue weighted by atomic mass is 16.6. The summed E-state index contributed by atoms with van der Waals surface area (Å²) in [5, 5.41) is 29.7. The standard InChI is InChI=1S/C23H30O7/c1-21-10-17-23(30-17)19(14(21)5-3-11(21)4-6-18(26)27)13(20(28)29)7-12-8-15(24)16(25)9-22(12,23)2/h8,11,13-14,16-17,19,25H,3-7,9-10H2,1-2H3,(H,26,27)(H,28,29)/t11-,13?,14+,16?,17?,19+,21-,22+,23-/m1/s1. The summed E-state index contributed by atoms with van der Waals surface area (Å²) >= 11 is 0. The molecule has 3 N–H and O–H groups in total. The van der Waals surface area contributed by atoms with Crippen molar-refractivity contribution in [1.82, 2.24) is 0 Å². The van der Waals surface area contributed by atoms with Crippen LogP contribution in [0.3, 0.4) is 0 Å². The first-order valence-corrected chi connectivity index (χ1v) is 11.1. The van der Waals surface area contributed by atoms with E-state index < -0.39 is 35.0 Å². The number of ether oxygens (including phenoxy) is 1. The minimum atomic E-state index is -1.07. The molecule has 0 radical (unpaired) electrons. The Hall–Kier alpha value is -1.73. The van der Waals surface area contributed by atoms with E-state index in [-0.39, 0.29) is 47.9 Å². The van der Waals surface area contributed by atoms with Crippen LogP contribution in [0.4, 0.5) is 0 Å². The lowest BCUT2D eigenvalue weighted by Crippen LogP contribution is -2.62. The summed E-state index contributed by atoms with van der Waals surface area (Å²) < 4.78 is 6.44. The molecule has 1 spiro atoms. The maximum Gasteiger partial charge on any atom is 0.307 e. The summed E-state index contributed by atoms with van der Waals surface area (Å²) in [6, 6.07) is 0. The molecule has 9 atom stereocenters. The first-order valence-electron chi connectivity index (χ1n) is 11.1. The number of carbonyl (C=O) groups excluding carboxylic acids is 1. The van der Waals surface area contributed by atoms with Crippen LogP contribution in [0, 0.1) is 34.5 Å². The molecule has 7 nitrogen and oxygen atoms in total. The Kier molecular flexibility index (Phi) is 4.15. The van der Waals surface area contributed by atoms with E-state index in [1.165, 1.54) is 6.08 Å². The Labute approximate surface area is 175 Å². The number of rotatable bonds is 4. The van der Waals surface area contributed by atoms with Crippen LogP contribution in [0.25, 0.3) is 0 Å². The third-order valence-corrected chi connectivity index (χ3v) is 9.63. The van der Waals surface area contributed by atoms with Crippen molar-refractivity contribution < 1.29 is 34.4 Å². The van der Waals surface area contributed by atoms with Crippen LogP contribution in [0.2, 0.25) is 0 Å². The highest BCUT2D eigenvalue weighted by Gasteiger charge is 2.81. The molecule has 30 heavy (non-hydrogen) atoms. The monoisotopic (exact) mass is 418 g/mol. The van der Waals surface area contributed by atoms with Crippen LogP contribution in [-0.4, -0.2) is 50.9 Å². The van der Waals surface area contributed by atoms with E-state index in [1.807, 2.05) is 6.92 Å². The van der Waals surface area contributed by atoms with Gasteiger partial charge in [-0.15, -0.1) is 0 Å². The van der Waals surface area contributed by atoms with Gasteiger partial charge in [-0.2, -0.15) is 0 Å². The lowest BCUT2D eigenvalue weighted by molar-refractivity contribution is -0.155. The molecule has 0 aromatic carbocycles. The van der Waals surface area contributed by atoms with Crippen molar-refractivity contribution in [3.05, 3.63) is 11.6 Å². The quantitative estimate of drug-likeness (QED) is 0.599. The van der Waals surface area contributed by atoms with Crippen LogP contribution in [0.5, 0.6) is 0 Å². The number of hydrogen-bond acceptors (Lipinski definition) is 5. The van der Waals surface area contributed by atoms with Gasteiger partial charge in [0.15, 0.2) is 5.78 Å². The molecule has 164 valence electrons. The highest BCUT2D eigenvalue weighted by molar-refractivity contribution is 5.95. The summed E-state index contributed by atoms with van der Waals surface area (Å²) in [5.41, 5.74) is -0.512. The number of aliphatic hydroxyl groups excluding tert-OH is 1. The predicted octanol–water partition coefficient (Wildman–Crippen LogP) is 2.41. The maximum atomic E-state index is 12.4. The number of hydrogen-bond donors (Lipinski definition) is 3. The van der Waals surface area contributed by atoms with Gasteiger partial charge in [0.25, 0.3) is 0 Å². The van der Waals surface area contributed by atoms with E-state index >= 15 is 0 Å². The van der Waals surface area contributed by atoms with E-state index in [0.29, 0.717) is 12.8 Å². The molecule has 0 bridgehead atoms. The molecule has 3 saturated carbocycles. The van der Waals surface area contributed by atoms with Gasteiger partial charge < -0.3 is 20.1 Å². The second kappa shape index (κ2) is 6.16. The fourth-order valence-corrected chi connectivity index (χ4v) is 8.19. The fourth-order valence-electron chi connectivity index (χ4n) is 8.19. The molecular formula is C23H30O7. The van der Waals surface area contributed by atoms with Crippen molar-refractivity contribution in [2.24, 2.45) is 34.5 Å². The summed E-state index contributed by atoms with van der Waals surface area (Å²) in [4.78, 5) is 35.7. The summed E-state index contributed by atoms with van der Waals surface area (Å²) in [6.07, 6.45) is 4.23. The van der Waals surface area contributed by atoms with Crippen molar-refractivity contribution in [3.8, 4) is 0 Å². The summed E-state index contributed by atoms with van der Waals surface area (Å²) in [5.74, 6) is -2.40. The van der Waals surface area contributed by atoms with Gasteiger partial charge in [-0.3, -0.25) is 14.4 Å². The Bertz CT molecular complexity index is 864. The topological polar surface area (TPSA) is 124 Å². The third-order valence-electron chi connectivity index (χ3n) is 9.63. The molecule has 4 fully saturated rings. The number of carbonyl (C=O) groups is 3. The number of fused-ring (bicyclic) bond motifs is 3. The van der Waals surface area contributed by atoms with Gasteiger partial charge in [0.2, 0.25) is 0 Å². The van der Waals surface area contributed by atoms with E-state index in [0.717, 1.165) is 24.8 Å². The van der Waals surface area contributed by atoms with E-state index in [2.05, 4.69) is 6.92 Å². The van der Waals surface area contributed by atoms with Gasteiger partial charge in [0, 0.05) is 17.8 Å². The predicted molar refractivity (Wildman–Crippen MR) is 104 cm³/mol. The Morgan fingerprint density at radius 3 is 2.60 bits per heavy atom. The minimum absolute atomic E-state index is 0.106. The van der Waals surface area contributed by atoms with Crippen LogP contribution in [0.1, 0.15) is 58.8 Å². The van der Waals surface area contributed by atoms with E-state index in [4.69, 9.17) is 9.84 Å². The van der Waals surface area contributed by atoms with Gasteiger partial charge in [-0.1, -0.05) is 19.4 Å². The fraction of sp³-hybridized carbons (Fsp3) is 0.783. The number of carboxylic acid groups (broad SMARTS) is 2. The van der Waals surface area contributed by atoms with E-state index in [1.54, 1.807) is 0 Å². The SMILES string of the molecule is C[C@]12CC3O[C@@]34[C@@H](C(C(=O)O)CC3=CC(=O)C(O)C[C@@]34C)[C@@H]1CC[C@@H]2CCC(=O)O. The molecule has 5 rings (SSSR count). The second-order valence-electron chi connectivity index (χ2n) is 10.7. The lowest BCUT2D eigenvalue weighted by atomic mass is 9.44. The van der Waals surface area contributed by atoms with Crippen LogP contribution in [0.15, 0.2) is 11.6 Å². The molecule has 1 aliphatic heterocycles. The number of ketones is 1. The van der Waals surface area contributed by atoms with Gasteiger partial charge in [-0.05, 0) is 61.9 Å². The lowest BCUT2D eigenvalue weighted by Gasteiger charge is -2.58. The minimum Gasteiger partial charge on any atom is -0.481 e. The zero-order chi connectivity index (χ0) is 21.6. The van der Waals surface area contributed by atoms with Crippen molar-refractivity contribution >= 4 is 17.7 Å². The molecule has 1 saturated heterocycles. The molecule has 1 heterocycles. The van der Waals surface area contributed by atoms with Crippen molar-refractivity contribution in [2.75, 3.05) is 0 Å². The zero-order valence-electron chi connectivity index (χ0n) is 17.5. The average molecular weight is 418 g/mol. The Morgan fingerprint density at radius 2 is 1.93 bits per heavy atom. The number of aliphatic carboxylic acids is 2. The van der Waals surface area contributed by atoms with Crippen molar-refractivity contribution in [1.29, 1.82) is 0 Å². The second-order valence-corrected chi connectivity index (χ2v) is 10.7. The largest absolute Gasteiger partial charge is 0.481 e. The molecule has 0 amide bonds. The van der Waals surface area contributed by atoms with Crippen molar-refractivity contribution in [3.63, 3.8) is 0 Å². The van der Waals surface area contributed by atoms with Gasteiger partial charge in [-0.25, -0.2) is 0 Å². The molecule has 0 aromatic heterocycles. The number of epoxide rings is 1. The van der Waals surface area contributed by atoms with Gasteiger partial charge >= 0.3 is 11.9 Å². The van der Waals surface area contributed by atoms with Gasteiger partial charge in [0.05, 0.1) is 12.0 Å². The molecule has 3 unspecified atom stereocenters. The Morgan fingerprint density at radius 1 is 1.20 bits per heavy atom. The maximum absolute atomic E-state index is 12.4. The van der Waals surface area contributed by atoms with E-state index in [9.17, 15) is 24.6 Å². The third kappa shape index (κ3) is 2.36. The molecule has 5 aliphatic rings. The number of aliphatic hydroxyl groups is 1. The molecule has 7 heteroatoms. The molecule has 0 aromatic rings. The highest BCUT2D eigenvalue weighted by Crippen LogP contribution is 2.77. The molecular weight excluding hydrogens is 388 g/mol. The first kappa shape index (κ1) is 20.2. The van der Waals surface area contributed by atoms with Crippen LogP contribution < -0.4 is 0 Å². The van der Waals surface area contributed by atoms with Crippen LogP contribution in [-0.2, 0) is 19.1 Å². The smallest absolute Gasteiger partial charge is 0.307 e. The number of carboxylic acids is 2. The van der Waals surface area contributed by atoms with Gasteiger partial charge in [0.1, 0.15) is 11.7 Å². The first-order chi connectivity index (χ1) is 14.0. The van der Waals surface area contributed by atoms with Crippen molar-refractivity contribution in [2.45, 2.75) is 76.6 Å². The summed E-state index contributed by atoms with van der Waals surface area (Å²) in [6.45, 7) is 4.24. The van der Waals surface area contributed by atoms with Crippen LogP contribution >= 0.6 is 0 Å².